The van der Waals surface area contributed by atoms with E-state index in [1.54, 1.807) is 0 Å². The van der Waals surface area contributed by atoms with Gasteiger partial charge in [-0.25, -0.2) is 4.98 Å². The van der Waals surface area contributed by atoms with Gasteiger partial charge in [0.25, 0.3) is 0 Å². The van der Waals surface area contributed by atoms with Crippen molar-refractivity contribution in [1.82, 2.24) is 19.4 Å². The van der Waals surface area contributed by atoms with Crippen LogP contribution in [0.3, 0.4) is 0 Å². The number of aryl methyl sites for hydroxylation is 2. The lowest BCUT2D eigenvalue weighted by Gasteiger charge is -2.38. The molecule has 188 valence electrons. The number of hydrogen-bond acceptors (Lipinski definition) is 6. The normalized spacial score (nSPS) is 18.0. The van der Waals surface area contributed by atoms with E-state index in [-0.39, 0.29) is 0 Å². The number of rotatable bonds is 7. The van der Waals surface area contributed by atoms with Gasteiger partial charge < -0.3 is 19.5 Å². The number of aromatic nitrogens is 2. The first-order valence-corrected chi connectivity index (χ1v) is 13.1. The standard InChI is InChI=1S/C28H40N6O/c1-21(2)33-11-13-34(14-12-33)25-7-5-23(6-8-25)24-19-26(28-27(20-24)31(4)22(3)30-28)29-9-10-32-15-17-35-18-16-32/h5-8,19-21,29H,9-18H2,1-4H3. The highest BCUT2D eigenvalue weighted by Crippen LogP contribution is 2.32. The molecule has 1 aromatic heterocycles. The van der Waals surface area contributed by atoms with Gasteiger partial charge in [-0.05, 0) is 56.2 Å². The van der Waals surface area contributed by atoms with E-state index in [1.165, 1.54) is 22.3 Å². The Kier molecular flexibility index (Phi) is 7.27. The Bertz CT molecular complexity index is 1120. The quantitative estimate of drug-likeness (QED) is 0.560. The Labute approximate surface area is 209 Å². The van der Waals surface area contributed by atoms with Crippen LogP contribution < -0.4 is 10.2 Å². The molecular formula is C28H40N6O. The molecule has 5 rings (SSSR count). The number of nitrogens with one attached hydrogen (secondary N) is 1. The van der Waals surface area contributed by atoms with Crippen molar-refractivity contribution >= 4 is 22.4 Å². The van der Waals surface area contributed by atoms with Crippen molar-refractivity contribution in [2.45, 2.75) is 26.8 Å². The van der Waals surface area contributed by atoms with Crippen molar-refractivity contribution in [1.29, 1.82) is 0 Å². The second kappa shape index (κ2) is 10.6. The minimum atomic E-state index is 0.627. The second-order valence-corrected chi connectivity index (χ2v) is 10.2. The molecule has 3 aromatic rings. The number of nitrogens with zero attached hydrogens (tertiary/aromatic N) is 5. The van der Waals surface area contributed by atoms with Gasteiger partial charge in [-0.1, -0.05) is 12.1 Å². The predicted molar refractivity (Wildman–Crippen MR) is 146 cm³/mol. The smallest absolute Gasteiger partial charge is 0.112 e. The molecule has 0 radical (unpaired) electrons. The van der Waals surface area contributed by atoms with Crippen LogP contribution in [0.4, 0.5) is 11.4 Å². The van der Waals surface area contributed by atoms with Crippen molar-refractivity contribution in [2.75, 3.05) is 75.8 Å². The summed E-state index contributed by atoms with van der Waals surface area (Å²) in [6.07, 6.45) is 0. The number of anilines is 2. The molecule has 2 fully saturated rings. The number of morpholine rings is 1. The summed E-state index contributed by atoms with van der Waals surface area (Å²) in [4.78, 5) is 12.4. The number of hydrogen-bond donors (Lipinski definition) is 1. The molecule has 2 saturated heterocycles. The topological polar surface area (TPSA) is 48.8 Å². The molecule has 2 aliphatic heterocycles. The highest BCUT2D eigenvalue weighted by molar-refractivity contribution is 5.93. The van der Waals surface area contributed by atoms with Gasteiger partial charge in [0, 0.05) is 71.1 Å². The minimum Gasteiger partial charge on any atom is -0.382 e. The second-order valence-electron chi connectivity index (χ2n) is 10.2. The number of imidazole rings is 1. The zero-order valence-corrected chi connectivity index (χ0v) is 21.8. The maximum atomic E-state index is 5.48. The average Bonchev–Trinajstić information content (AvgIpc) is 3.18. The molecule has 1 N–H and O–H groups in total. The van der Waals surface area contributed by atoms with Crippen LogP contribution in [0, 0.1) is 6.92 Å². The van der Waals surface area contributed by atoms with Crippen molar-refractivity contribution < 1.29 is 4.74 Å². The van der Waals surface area contributed by atoms with Crippen molar-refractivity contribution in [3.05, 3.63) is 42.2 Å². The van der Waals surface area contributed by atoms with E-state index in [1.807, 2.05) is 0 Å². The predicted octanol–water partition coefficient (Wildman–Crippen LogP) is 3.82. The minimum absolute atomic E-state index is 0.627. The third-order valence-corrected chi connectivity index (χ3v) is 7.67. The molecule has 0 atom stereocenters. The fourth-order valence-corrected chi connectivity index (χ4v) is 5.24. The first kappa shape index (κ1) is 24.1. The lowest BCUT2D eigenvalue weighted by atomic mass is 10.0. The highest BCUT2D eigenvalue weighted by Gasteiger charge is 2.19. The maximum Gasteiger partial charge on any atom is 0.112 e. The summed E-state index contributed by atoms with van der Waals surface area (Å²) >= 11 is 0. The van der Waals surface area contributed by atoms with E-state index in [9.17, 15) is 0 Å². The molecule has 7 heteroatoms. The molecule has 0 unspecified atom stereocenters. The Balaban J connectivity index is 1.34. The molecule has 2 aromatic carbocycles. The van der Waals surface area contributed by atoms with Gasteiger partial charge in [-0.15, -0.1) is 0 Å². The van der Waals surface area contributed by atoms with E-state index >= 15 is 0 Å². The van der Waals surface area contributed by atoms with E-state index in [4.69, 9.17) is 9.72 Å². The molecule has 35 heavy (non-hydrogen) atoms. The first-order chi connectivity index (χ1) is 17.0. The van der Waals surface area contributed by atoms with E-state index in [0.717, 1.165) is 82.6 Å². The number of benzene rings is 2. The molecule has 0 saturated carbocycles. The van der Waals surface area contributed by atoms with Crippen molar-refractivity contribution in [2.24, 2.45) is 7.05 Å². The van der Waals surface area contributed by atoms with Gasteiger partial charge in [0.1, 0.15) is 11.3 Å². The van der Waals surface area contributed by atoms with Crippen LogP contribution in [0.15, 0.2) is 36.4 Å². The lowest BCUT2D eigenvalue weighted by molar-refractivity contribution is 0.0398. The van der Waals surface area contributed by atoms with Crippen LogP contribution in [0.25, 0.3) is 22.2 Å². The van der Waals surface area contributed by atoms with Crippen molar-refractivity contribution in [3.63, 3.8) is 0 Å². The van der Waals surface area contributed by atoms with E-state index < -0.39 is 0 Å². The summed E-state index contributed by atoms with van der Waals surface area (Å²) in [6.45, 7) is 16.7. The number of fused-ring (bicyclic) bond motifs is 1. The van der Waals surface area contributed by atoms with Crippen LogP contribution in [0.1, 0.15) is 19.7 Å². The lowest BCUT2D eigenvalue weighted by Crippen LogP contribution is -2.48. The summed E-state index contributed by atoms with van der Waals surface area (Å²) in [5, 5.41) is 3.69. The average molecular weight is 477 g/mol. The monoisotopic (exact) mass is 476 g/mol. The van der Waals surface area contributed by atoms with E-state index in [2.05, 4.69) is 88.8 Å². The molecule has 0 bridgehead atoms. The Morgan fingerprint density at radius 3 is 2.34 bits per heavy atom. The molecule has 7 nitrogen and oxygen atoms in total. The molecule has 0 amide bonds. The SMILES string of the molecule is Cc1nc2c(NCCN3CCOCC3)cc(-c3ccc(N4CCN(C(C)C)CC4)cc3)cc2n1C. The van der Waals surface area contributed by atoms with Gasteiger partial charge in [-0.2, -0.15) is 0 Å². The van der Waals surface area contributed by atoms with Crippen LogP contribution in [0.5, 0.6) is 0 Å². The first-order valence-electron chi connectivity index (χ1n) is 13.1. The summed E-state index contributed by atoms with van der Waals surface area (Å²) in [6, 6.07) is 14.3. The maximum absolute atomic E-state index is 5.48. The Hall–Kier alpha value is -2.61. The van der Waals surface area contributed by atoms with E-state index in [0.29, 0.717) is 6.04 Å². The van der Waals surface area contributed by atoms with Gasteiger partial charge in [0.2, 0.25) is 0 Å². The van der Waals surface area contributed by atoms with Gasteiger partial charge in [0.15, 0.2) is 0 Å². The summed E-state index contributed by atoms with van der Waals surface area (Å²) in [7, 11) is 2.10. The van der Waals surface area contributed by atoms with Crippen LogP contribution in [-0.4, -0.2) is 91.0 Å². The van der Waals surface area contributed by atoms with Crippen LogP contribution >= 0.6 is 0 Å². The molecule has 2 aliphatic rings. The fourth-order valence-electron chi connectivity index (χ4n) is 5.24. The molecule has 0 spiro atoms. The Morgan fingerprint density at radius 2 is 1.66 bits per heavy atom. The summed E-state index contributed by atoms with van der Waals surface area (Å²) < 4.78 is 7.67. The number of piperazine rings is 1. The summed E-state index contributed by atoms with van der Waals surface area (Å²) in [5.74, 6) is 1.03. The molecule has 3 heterocycles. The third kappa shape index (κ3) is 5.32. The highest BCUT2D eigenvalue weighted by atomic mass is 16.5. The van der Waals surface area contributed by atoms with Gasteiger partial charge in [-0.3, -0.25) is 9.80 Å². The zero-order valence-electron chi connectivity index (χ0n) is 21.8. The molecular weight excluding hydrogens is 436 g/mol. The van der Waals surface area contributed by atoms with Crippen molar-refractivity contribution in [3.8, 4) is 11.1 Å². The number of ether oxygens (including phenoxy) is 1. The summed E-state index contributed by atoms with van der Waals surface area (Å²) in [5.41, 5.74) is 7.12. The molecule has 0 aliphatic carbocycles. The Morgan fingerprint density at radius 1 is 0.943 bits per heavy atom. The van der Waals surface area contributed by atoms with Crippen LogP contribution in [0.2, 0.25) is 0 Å². The van der Waals surface area contributed by atoms with Gasteiger partial charge >= 0.3 is 0 Å². The largest absolute Gasteiger partial charge is 0.382 e. The zero-order chi connectivity index (χ0) is 24.4. The van der Waals surface area contributed by atoms with Crippen LogP contribution in [-0.2, 0) is 11.8 Å². The fraction of sp³-hybridized carbons (Fsp3) is 0.536. The third-order valence-electron chi connectivity index (χ3n) is 7.67. The van der Waals surface area contributed by atoms with Gasteiger partial charge in [0.05, 0.1) is 24.4 Å².